The van der Waals surface area contributed by atoms with E-state index in [1.165, 1.54) is 0 Å². The molecular weight excluding hydrogens is 836 g/mol. The highest BCUT2D eigenvalue weighted by atomic mass is 16.8. The van der Waals surface area contributed by atoms with Crippen molar-refractivity contribution >= 4 is 0 Å². The standard InChI is InChI=1S/C47H80O17/c1-20-30(52)34(56)37(63-39-35(57)31(53)24(51)19-59-39)41(60-20)62-28-13-15-45(7)27-11-10-26-44(6)14-12-21(43(4,5)64-40-36(58)33(55)32(54)25(18-48)61-40)29(44)22(49)16-46(26,8)47(27,9)17-23(50)38(45)42(28,2)3/h20-41,48-58H,10-19H2,1-9H3. The number of hydrogen-bond acceptors (Lipinski definition) is 17. The summed E-state index contributed by atoms with van der Waals surface area (Å²) in [6.45, 7) is 18.2. The van der Waals surface area contributed by atoms with Crippen LogP contribution < -0.4 is 0 Å². The second-order valence-corrected chi connectivity index (χ2v) is 23.7. The van der Waals surface area contributed by atoms with Crippen molar-refractivity contribution in [3.05, 3.63) is 0 Å². The zero-order valence-corrected chi connectivity index (χ0v) is 39.1. The Bertz CT molecular complexity index is 1670. The minimum atomic E-state index is -1.64. The van der Waals surface area contributed by atoms with Crippen molar-refractivity contribution in [3.8, 4) is 0 Å². The molecule has 8 fully saturated rings. The van der Waals surface area contributed by atoms with E-state index < -0.39 is 122 Å². The fourth-order valence-electron chi connectivity index (χ4n) is 16.5. The molecule has 8 aliphatic rings. The van der Waals surface area contributed by atoms with E-state index in [9.17, 15) is 56.2 Å². The molecule has 0 bridgehead atoms. The molecule has 5 saturated carbocycles. The van der Waals surface area contributed by atoms with Crippen LogP contribution in [-0.4, -0.2) is 179 Å². The lowest BCUT2D eigenvalue weighted by Crippen LogP contribution is -2.71. The molecule has 64 heavy (non-hydrogen) atoms. The van der Waals surface area contributed by atoms with Gasteiger partial charge in [0.15, 0.2) is 18.9 Å². The number of fused-ring (bicyclic) bond motifs is 7. The first-order valence-electron chi connectivity index (χ1n) is 24.0. The van der Waals surface area contributed by atoms with Crippen LogP contribution in [0.4, 0.5) is 0 Å². The Hall–Kier alpha value is -0.680. The highest BCUT2D eigenvalue weighted by molar-refractivity contribution is 5.23. The number of aliphatic hydroxyl groups excluding tert-OH is 11. The Kier molecular flexibility index (Phi) is 13.2. The maximum Gasteiger partial charge on any atom is 0.187 e. The maximum atomic E-state index is 12.7. The summed E-state index contributed by atoms with van der Waals surface area (Å²) in [6, 6.07) is 0. The normalized spacial score (nSPS) is 57.6. The second kappa shape index (κ2) is 17.0. The Morgan fingerprint density at radius 3 is 1.83 bits per heavy atom. The van der Waals surface area contributed by atoms with Crippen LogP contribution in [0.3, 0.4) is 0 Å². The molecule has 26 atom stereocenters. The van der Waals surface area contributed by atoms with Crippen molar-refractivity contribution in [2.75, 3.05) is 13.2 Å². The zero-order chi connectivity index (χ0) is 47.0. The molecule has 370 valence electrons. The van der Waals surface area contributed by atoms with E-state index in [0.717, 1.165) is 32.1 Å². The second-order valence-electron chi connectivity index (χ2n) is 23.7. The zero-order valence-electron chi connectivity index (χ0n) is 39.1. The average molecular weight is 917 g/mol. The van der Waals surface area contributed by atoms with Gasteiger partial charge in [0.25, 0.3) is 0 Å². The predicted molar refractivity (Wildman–Crippen MR) is 225 cm³/mol. The van der Waals surface area contributed by atoms with Crippen molar-refractivity contribution in [1.82, 2.24) is 0 Å². The van der Waals surface area contributed by atoms with Gasteiger partial charge in [0.05, 0.1) is 43.2 Å². The Balaban J connectivity index is 1.01. The summed E-state index contributed by atoms with van der Waals surface area (Å²) < 4.78 is 36.7. The van der Waals surface area contributed by atoms with Crippen LogP contribution in [-0.2, 0) is 28.4 Å². The fraction of sp³-hybridized carbons (Fsp3) is 1.00. The first kappa shape index (κ1) is 49.7. The topological polar surface area (TPSA) is 278 Å². The average Bonchev–Trinajstić information content (AvgIpc) is 3.59. The molecule has 3 saturated heterocycles. The molecule has 0 radical (unpaired) electrons. The summed E-state index contributed by atoms with van der Waals surface area (Å²) in [5, 5.41) is 120. The van der Waals surface area contributed by atoms with Crippen molar-refractivity contribution in [3.63, 3.8) is 0 Å². The van der Waals surface area contributed by atoms with Crippen molar-refractivity contribution in [1.29, 1.82) is 0 Å². The van der Waals surface area contributed by atoms with Crippen molar-refractivity contribution < 1.29 is 84.6 Å². The summed E-state index contributed by atoms with van der Waals surface area (Å²) in [5.74, 6) is -0.0500. The molecule has 5 aliphatic carbocycles. The maximum absolute atomic E-state index is 12.7. The van der Waals surface area contributed by atoms with Gasteiger partial charge in [-0.2, -0.15) is 0 Å². The highest BCUT2D eigenvalue weighted by Gasteiger charge is 2.74. The summed E-state index contributed by atoms with van der Waals surface area (Å²) in [6.07, 6.45) is -15.1. The SMILES string of the molecule is CC1OC(OC2CCC3(C)C(C(O)CC4(C)C3CCC3C5(C)CCC(C(C)(C)OC6OC(CO)C(O)C(O)C6O)C5C(O)CC34C)C2(C)C)C(OC2OCC(O)C(O)C2O)C(O)C1O. The number of hydrogen-bond donors (Lipinski definition) is 11. The van der Waals surface area contributed by atoms with Gasteiger partial charge in [0, 0.05) is 0 Å². The molecule has 0 spiro atoms. The molecule has 3 heterocycles. The molecule has 26 unspecified atom stereocenters. The monoisotopic (exact) mass is 917 g/mol. The van der Waals surface area contributed by atoms with Gasteiger partial charge in [-0.05, 0) is 129 Å². The third-order valence-corrected chi connectivity index (χ3v) is 19.7. The molecule has 11 N–H and O–H groups in total. The van der Waals surface area contributed by atoms with Crippen LogP contribution in [0.5, 0.6) is 0 Å². The van der Waals surface area contributed by atoms with Gasteiger partial charge in [-0.1, -0.05) is 41.5 Å². The van der Waals surface area contributed by atoms with Gasteiger partial charge in [-0.15, -0.1) is 0 Å². The smallest absolute Gasteiger partial charge is 0.187 e. The molecular formula is C47H80O17. The van der Waals surface area contributed by atoms with Gasteiger partial charge >= 0.3 is 0 Å². The van der Waals surface area contributed by atoms with E-state index in [1.54, 1.807) is 6.92 Å². The Morgan fingerprint density at radius 2 is 1.19 bits per heavy atom. The van der Waals surface area contributed by atoms with Crippen LogP contribution in [0.25, 0.3) is 0 Å². The first-order valence-corrected chi connectivity index (χ1v) is 24.0. The number of ether oxygens (including phenoxy) is 6. The van der Waals surface area contributed by atoms with Crippen molar-refractivity contribution in [2.24, 2.45) is 56.7 Å². The molecule has 8 rings (SSSR count). The van der Waals surface area contributed by atoms with Crippen LogP contribution in [0, 0.1) is 56.7 Å². The van der Waals surface area contributed by atoms with E-state index >= 15 is 0 Å². The molecule has 0 aromatic carbocycles. The van der Waals surface area contributed by atoms with E-state index in [0.29, 0.717) is 19.3 Å². The minimum absolute atomic E-state index is 0.130. The van der Waals surface area contributed by atoms with Crippen molar-refractivity contribution in [2.45, 2.75) is 224 Å². The fourth-order valence-corrected chi connectivity index (χ4v) is 16.5. The van der Waals surface area contributed by atoms with E-state index in [1.807, 2.05) is 13.8 Å². The van der Waals surface area contributed by atoms with Gasteiger partial charge in [0.2, 0.25) is 0 Å². The van der Waals surface area contributed by atoms with Gasteiger partial charge in [-0.3, -0.25) is 0 Å². The lowest BCUT2D eigenvalue weighted by Gasteiger charge is -2.74. The highest BCUT2D eigenvalue weighted by Crippen LogP contribution is 2.78. The number of rotatable bonds is 8. The minimum Gasteiger partial charge on any atom is -0.394 e. The lowest BCUT2D eigenvalue weighted by molar-refractivity contribution is -0.369. The van der Waals surface area contributed by atoms with Gasteiger partial charge in [-0.25, -0.2) is 0 Å². The van der Waals surface area contributed by atoms with Gasteiger partial charge in [0.1, 0.15) is 61.0 Å². The summed E-state index contributed by atoms with van der Waals surface area (Å²) in [5.41, 5.74) is -2.83. The van der Waals surface area contributed by atoms with Crippen LogP contribution in [0.2, 0.25) is 0 Å². The lowest BCUT2D eigenvalue weighted by atomic mass is 9.31. The molecule has 17 heteroatoms. The molecule has 0 aromatic rings. The molecule has 0 amide bonds. The van der Waals surface area contributed by atoms with Crippen LogP contribution in [0.15, 0.2) is 0 Å². The number of aliphatic hydroxyl groups is 11. The third kappa shape index (κ3) is 7.43. The van der Waals surface area contributed by atoms with Gasteiger partial charge < -0.3 is 84.6 Å². The quantitative estimate of drug-likeness (QED) is 0.146. The molecule has 0 aromatic heterocycles. The molecule has 3 aliphatic heterocycles. The molecule has 17 nitrogen and oxygen atoms in total. The van der Waals surface area contributed by atoms with E-state index in [2.05, 4.69) is 41.5 Å². The van der Waals surface area contributed by atoms with Crippen LogP contribution >= 0.6 is 0 Å². The Labute approximate surface area is 377 Å². The summed E-state index contributed by atoms with van der Waals surface area (Å²) in [4.78, 5) is 0. The predicted octanol–water partition coefficient (Wildman–Crippen LogP) is 0.301. The van der Waals surface area contributed by atoms with Crippen LogP contribution in [0.1, 0.15) is 114 Å². The third-order valence-electron chi connectivity index (χ3n) is 19.7. The summed E-state index contributed by atoms with van der Waals surface area (Å²) in [7, 11) is 0. The van der Waals surface area contributed by atoms with E-state index in [-0.39, 0.29) is 57.9 Å². The largest absolute Gasteiger partial charge is 0.394 e. The first-order chi connectivity index (χ1) is 29.7. The summed E-state index contributed by atoms with van der Waals surface area (Å²) >= 11 is 0. The Morgan fingerprint density at radius 1 is 0.594 bits per heavy atom. The van der Waals surface area contributed by atoms with E-state index in [4.69, 9.17) is 28.4 Å².